The topological polar surface area (TPSA) is 145 Å². The number of fused-ring (bicyclic) bond motifs is 1. The first-order valence-electron chi connectivity index (χ1n) is 13.1. The van der Waals surface area contributed by atoms with Crippen molar-refractivity contribution in [2.24, 2.45) is 0 Å². The Balaban J connectivity index is 1.55. The van der Waals surface area contributed by atoms with Crippen LogP contribution in [-0.2, 0) is 9.47 Å². The van der Waals surface area contributed by atoms with Crippen molar-refractivity contribution >= 4 is 35.0 Å². The van der Waals surface area contributed by atoms with Crippen molar-refractivity contribution in [2.45, 2.75) is 51.9 Å². The van der Waals surface area contributed by atoms with Crippen molar-refractivity contribution in [1.29, 1.82) is 0 Å². The number of hydrogen-bond acceptors (Lipinski definition) is 9. The van der Waals surface area contributed by atoms with Crippen LogP contribution in [0, 0.1) is 6.92 Å². The molecule has 0 aliphatic heterocycles. The summed E-state index contributed by atoms with van der Waals surface area (Å²) in [7, 11) is 3.12. The quantitative estimate of drug-likeness (QED) is 0.348. The van der Waals surface area contributed by atoms with Crippen molar-refractivity contribution in [1.82, 2.24) is 29.5 Å². The van der Waals surface area contributed by atoms with E-state index in [-0.39, 0.29) is 52.1 Å². The number of amides is 2. The van der Waals surface area contributed by atoms with Crippen LogP contribution in [0.1, 0.15) is 43.2 Å². The molecule has 1 saturated carbocycles. The molecule has 13 heteroatoms. The monoisotopic (exact) mass is 560 g/mol. The lowest BCUT2D eigenvalue weighted by Crippen LogP contribution is -2.35. The van der Waals surface area contributed by atoms with Gasteiger partial charge in [-0.15, -0.1) is 0 Å². The molecule has 41 heavy (non-hydrogen) atoms. The molecule has 4 aromatic rings. The second-order valence-corrected chi connectivity index (χ2v) is 10.8. The summed E-state index contributed by atoms with van der Waals surface area (Å²) in [6.07, 6.45) is 4.69. The molecule has 0 saturated heterocycles. The number of nitrogens with one attached hydrogen (secondary N) is 2. The number of carbonyl (C=O) groups excluding carboxylic acids is 2. The lowest BCUT2D eigenvalue weighted by Gasteiger charge is -2.25. The predicted octanol–water partition coefficient (Wildman–Crippen LogP) is 3.22. The zero-order chi connectivity index (χ0) is 29.5. The molecule has 0 aromatic carbocycles. The summed E-state index contributed by atoms with van der Waals surface area (Å²) in [5.74, 6) is 0.107. The molecule has 1 unspecified atom stereocenters. The summed E-state index contributed by atoms with van der Waals surface area (Å²) >= 11 is 0. The molecule has 0 spiro atoms. The van der Waals surface area contributed by atoms with Crippen LogP contribution >= 0.6 is 0 Å². The van der Waals surface area contributed by atoms with E-state index in [1.54, 1.807) is 64.5 Å². The summed E-state index contributed by atoms with van der Waals surface area (Å²) in [5.41, 5.74) is 0.958. The molecule has 0 radical (unpaired) electrons. The van der Waals surface area contributed by atoms with Gasteiger partial charge in [-0.25, -0.2) is 9.78 Å². The molecule has 2 atom stereocenters. The average molecular weight is 561 g/mol. The zero-order valence-corrected chi connectivity index (χ0v) is 23.7. The standard InChI is InChI=1S/C28H32N8O5/c1-16-9-10-17(14-29-16)35-11-7-8-19(26(35)38)31-22-13-23(34(5)27(39)41-28(2,3)4)36-24(33-22)18(15-30-36)25(37)32-20-12-21(20)40-6/h7-11,13-15,20-21H,12H2,1-6H3,(H,31,33)(H,32,37)/t20?,21-/m1/s1. The van der Waals surface area contributed by atoms with Gasteiger partial charge in [0.2, 0.25) is 0 Å². The van der Waals surface area contributed by atoms with Gasteiger partial charge in [0.25, 0.3) is 11.5 Å². The lowest BCUT2D eigenvalue weighted by atomic mass is 10.2. The fraction of sp³-hybridized carbons (Fsp3) is 0.357. The summed E-state index contributed by atoms with van der Waals surface area (Å²) in [6.45, 7) is 7.15. The summed E-state index contributed by atoms with van der Waals surface area (Å²) in [4.78, 5) is 49.7. The largest absolute Gasteiger partial charge is 0.443 e. The van der Waals surface area contributed by atoms with E-state index in [1.807, 2.05) is 13.0 Å². The van der Waals surface area contributed by atoms with Crippen LogP contribution in [0.2, 0.25) is 0 Å². The fourth-order valence-electron chi connectivity index (χ4n) is 4.20. The Morgan fingerprint density at radius 2 is 1.95 bits per heavy atom. The van der Waals surface area contributed by atoms with E-state index in [2.05, 4.69) is 25.7 Å². The number of nitrogens with zero attached hydrogens (tertiary/aromatic N) is 6. The van der Waals surface area contributed by atoms with Crippen molar-refractivity contribution in [3.63, 3.8) is 0 Å². The number of ether oxygens (including phenoxy) is 2. The Morgan fingerprint density at radius 1 is 1.17 bits per heavy atom. The Hall–Kier alpha value is -4.78. The van der Waals surface area contributed by atoms with Crippen LogP contribution in [-0.4, -0.2) is 68.1 Å². The highest BCUT2D eigenvalue weighted by Crippen LogP contribution is 2.27. The molecule has 1 fully saturated rings. The Bertz CT molecular complexity index is 1670. The molecule has 2 N–H and O–H groups in total. The lowest BCUT2D eigenvalue weighted by molar-refractivity contribution is 0.0587. The fourth-order valence-corrected chi connectivity index (χ4v) is 4.20. The number of hydrogen-bond donors (Lipinski definition) is 2. The van der Waals surface area contributed by atoms with E-state index >= 15 is 0 Å². The molecule has 1 aliphatic carbocycles. The number of aryl methyl sites for hydroxylation is 1. The summed E-state index contributed by atoms with van der Waals surface area (Å²) in [6, 6.07) is 8.40. The third kappa shape index (κ3) is 5.89. The minimum absolute atomic E-state index is 0.0381. The molecule has 0 bridgehead atoms. The zero-order valence-electron chi connectivity index (χ0n) is 23.7. The van der Waals surface area contributed by atoms with E-state index in [0.717, 1.165) is 5.69 Å². The summed E-state index contributed by atoms with van der Waals surface area (Å²) in [5, 5.41) is 10.3. The number of pyridine rings is 2. The van der Waals surface area contributed by atoms with Gasteiger partial charge in [-0.2, -0.15) is 9.61 Å². The van der Waals surface area contributed by atoms with E-state index in [1.165, 1.54) is 27.2 Å². The van der Waals surface area contributed by atoms with Crippen molar-refractivity contribution in [2.75, 3.05) is 24.4 Å². The number of aromatic nitrogens is 5. The predicted molar refractivity (Wildman–Crippen MR) is 152 cm³/mol. The van der Waals surface area contributed by atoms with Crippen LogP contribution in [0.3, 0.4) is 0 Å². The van der Waals surface area contributed by atoms with Gasteiger partial charge < -0.3 is 20.1 Å². The third-order valence-electron chi connectivity index (χ3n) is 6.44. The van der Waals surface area contributed by atoms with E-state index in [4.69, 9.17) is 9.47 Å². The molecule has 2 amide bonds. The first kappa shape index (κ1) is 27.8. The van der Waals surface area contributed by atoms with Crippen molar-refractivity contribution in [3.8, 4) is 5.69 Å². The number of carbonyl (C=O) groups is 2. The minimum Gasteiger partial charge on any atom is -0.443 e. The van der Waals surface area contributed by atoms with E-state index in [0.29, 0.717) is 12.1 Å². The van der Waals surface area contributed by atoms with Crippen molar-refractivity contribution in [3.05, 3.63) is 70.5 Å². The smallest absolute Gasteiger partial charge is 0.415 e. The maximum atomic E-state index is 13.4. The van der Waals surface area contributed by atoms with Gasteiger partial charge in [0, 0.05) is 32.1 Å². The van der Waals surface area contributed by atoms with Crippen LogP contribution in [0.15, 0.2) is 53.7 Å². The highest BCUT2D eigenvalue weighted by molar-refractivity contribution is 6.01. The molecular weight excluding hydrogens is 528 g/mol. The van der Waals surface area contributed by atoms with Crippen LogP contribution in [0.5, 0.6) is 0 Å². The minimum atomic E-state index is -0.740. The molecule has 4 heterocycles. The Labute approximate surface area is 236 Å². The maximum absolute atomic E-state index is 13.4. The second kappa shape index (κ2) is 10.7. The Morgan fingerprint density at radius 3 is 2.61 bits per heavy atom. The maximum Gasteiger partial charge on any atom is 0.415 e. The van der Waals surface area contributed by atoms with Gasteiger partial charge in [0.05, 0.1) is 30.2 Å². The van der Waals surface area contributed by atoms with Crippen LogP contribution < -0.4 is 21.1 Å². The first-order valence-corrected chi connectivity index (χ1v) is 13.1. The normalized spacial score (nSPS) is 16.3. The van der Waals surface area contributed by atoms with Crippen LogP contribution in [0.4, 0.5) is 22.1 Å². The van der Waals surface area contributed by atoms with Gasteiger partial charge in [-0.05, 0) is 58.4 Å². The van der Waals surface area contributed by atoms with E-state index < -0.39 is 11.7 Å². The second-order valence-electron chi connectivity index (χ2n) is 10.8. The van der Waals surface area contributed by atoms with Gasteiger partial charge in [-0.3, -0.25) is 24.0 Å². The highest BCUT2D eigenvalue weighted by Gasteiger charge is 2.39. The SMILES string of the molecule is CO[C@@H]1CC1NC(=O)c1cnn2c(N(C)C(=O)OC(C)(C)C)cc(Nc3cccn(-c4ccc(C)nc4)c3=O)nc12. The average Bonchev–Trinajstić information content (AvgIpc) is 3.53. The highest BCUT2D eigenvalue weighted by atomic mass is 16.6. The number of anilines is 3. The molecule has 214 valence electrons. The molecular formula is C28H32N8O5. The van der Waals surface area contributed by atoms with Gasteiger partial charge in [0.1, 0.15) is 28.5 Å². The molecule has 5 rings (SSSR count). The molecule has 1 aliphatic rings. The van der Waals surface area contributed by atoms with Gasteiger partial charge >= 0.3 is 6.09 Å². The third-order valence-corrected chi connectivity index (χ3v) is 6.44. The summed E-state index contributed by atoms with van der Waals surface area (Å²) < 4.78 is 13.7. The first-order chi connectivity index (χ1) is 19.4. The Kier molecular flexibility index (Phi) is 7.22. The van der Waals surface area contributed by atoms with Crippen molar-refractivity contribution < 1.29 is 19.1 Å². The van der Waals surface area contributed by atoms with E-state index in [9.17, 15) is 14.4 Å². The number of methoxy groups -OCH3 is 1. The van der Waals surface area contributed by atoms with Gasteiger partial charge in [-0.1, -0.05) is 0 Å². The van der Waals surface area contributed by atoms with Gasteiger partial charge in [0.15, 0.2) is 5.65 Å². The molecule has 13 nitrogen and oxygen atoms in total. The molecule has 4 aromatic heterocycles. The number of rotatable bonds is 7. The van der Waals surface area contributed by atoms with Crippen LogP contribution in [0.25, 0.3) is 11.3 Å².